The minimum atomic E-state index is -4.66. The van der Waals surface area contributed by atoms with Gasteiger partial charge in [-0.3, -0.25) is 0 Å². The lowest BCUT2D eigenvalue weighted by molar-refractivity contribution is -0.189. The highest BCUT2D eigenvalue weighted by Crippen LogP contribution is 2.39. The van der Waals surface area contributed by atoms with Gasteiger partial charge in [-0.05, 0) is 72.0 Å². The number of rotatable bonds is 10. The number of aryl methyl sites for hydroxylation is 1. The first-order valence-electron chi connectivity index (χ1n) is 11.9. The fraction of sp³-hybridized carbons (Fsp3) is 0.133. The first-order chi connectivity index (χ1) is 19.4. The van der Waals surface area contributed by atoms with E-state index in [9.17, 15) is 39.5 Å². The standard InChI is InChI=1S/C30H19F9O2/c1-2-3-4-16-5-7-20(22(32)9-16)17-10-24(34)28(25(35)11-17)30(38,39)41-19-6-8-21(23(33)14-19)18-12-26(36)29(40-15-31)27(37)13-18/h2,5-14H,1,3-4,15H2. The Bertz CT molecular complexity index is 1560. The summed E-state index contributed by atoms with van der Waals surface area (Å²) in [5.41, 5.74) is -2.61. The molecule has 0 spiro atoms. The molecule has 41 heavy (non-hydrogen) atoms. The minimum absolute atomic E-state index is 0.226. The van der Waals surface area contributed by atoms with E-state index in [1.54, 1.807) is 6.08 Å². The van der Waals surface area contributed by atoms with Crippen molar-refractivity contribution in [3.63, 3.8) is 0 Å². The fourth-order valence-corrected chi connectivity index (χ4v) is 4.12. The van der Waals surface area contributed by atoms with Gasteiger partial charge in [-0.1, -0.05) is 18.2 Å². The van der Waals surface area contributed by atoms with Gasteiger partial charge < -0.3 is 9.47 Å². The van der Waals surface area contributed by atoms with E-state index in [0.29, 0.717) is 48.7 Å². The number of ether oxygens (including phenoxy) is 2. The molecule has 4 rings (SSSR count). The molecule has 0 saturated heterocycles. The third-order valence-corrected chi connectivity index (χ3v) is 6.01. The summed E-state index contributed by atoms with van der Waals surface area (Å²) < 4.78 is 138. The molecule has 0 aromatic heterocycles. The van der Waals surface area contributed by atoms with Gasteiger partial charge in [0.25, 0.3) is 0 Å². The summed E-state index contributed by atoms with van der Waals surface area (Å²) in [5, 5.41) is 0. The van der Waals surface area contributed by atoms with Gasteiger partial charge in [0.2, 0.25) is 6.86 Å². The highest BCUT2D eigenvalue weighted by Gasteiger charge is 2.41. The van der Waals surface area contributed by atoms with Crippen LogP contribution in [0.25, 0.3) is 22.3 Å². The number of benzene rings is 4. The summed E-state index contributed by atoms with van der Waals surface area (Å²) in [6.45, 7) is 2.04. The zero-order valence-corrected chi connectivity index (χ0v) is 20.9. The van der Waals surface area contributed by atoms with Crippen molar-refractivity contribution in [2.75, 3.05) is 6.86 Å². The molecule has 0 atom stereocenters. The molecule has 11 heteroatoms. The summed E-state index contributed by atoms with van der Waals surface area (Å²) in [7, 11) is 0. The van der Waals surface area contributed by atoms with Crippen molar-refractivity contribution in [1.29, 1.82) is 0 Å². The van der Waals surface area contributed by atoms with Gasteiger partial charge in [0, 0.05) is 17.2 Å². The van der Waals surface area contributed by atoms with Crippen molar-refractivity contribution >= 4 is 0 Å². The molecule has 0 aliphatic carbocycles. The van der Waals surface area contributed by atoms with Gasteiger partial charge in [-0.25, -0.2) is 30.7 Å². The molecular formula is C30H19F9O2. The van der Waals surface area contributed by atoms with E-state index in [4.69, 9.17) is 0 Å². The Kier molecular flexibility index (Phi) is 8.65. The molecule has 0 aliphatic heterocycles. The van der Waals surface area contributed by atoms with Crippen LogP contribution in [0.15, 0.2) is 73.3 Å². The van der Waals surface area contributed by atoms with Gasteiger partial charge in [-0.2, -0.15) is 8.78 Å². The van der Waals surface area contributed by atoms with Crippen LogP contribution >= 0.6 is 0 Å². The molecule has 214 valence electrons. The number of halogens is 9. The fourth-order valence-electron chi connectivity index (χ4n) is 4.12. The van der Waals surface area contributed by atoms with Crippen LogP contribution in [0.1, 0.15) is 17.5 Å². The second-order valence-electron chi connectivity index (χ2n) is 8.74. The second kappa shape index (κ2) is 12.0. The Hall–Kier alpha value is -4.41. The minimum Gasteiger partial charge on any atom is -0.457 e. The van der Waals surface area contributed by atoms with Crippen LogP contribution in [0.4, 0.5) is 39.5 Å². The maximum absolute atomic E-state index is 14.9. The summed E-state index contributed by atoms with van der Waals surface area (Å²) in [4.78, 5) is 0. The summed E-state index contributed by atoms with van der Waals surface area (Å²) in [5.74, 6) is -10.2. The maximum atomic E-state index is 14.9. The Morgan fingerprint density at radius 1 is 0.683 bits per heavy atom. The molecule has 0 heterocycles. The van der Waals surface area contributed by atoms with Crippen LogP contribution in [0.5, 0.6) is 11.5 Å². The molecule has 0 radical (unpaired) electrons. The Morgan fingerprint density at radius 2 is 1.22 bits per heavy atom. The van der Waals surface area contributed by atoms with Crippen molar-refractivity contribution in [2.45, 2.75) is 19.0 Å². The van der Waals surface area contributed by atoms with Gasteiger partial charge in [0.05, 0.1) is 0 Å². The Labute approximate surface area is 228 Å². The van der Waals surface area contributed by atoms with Crippen molar-refractivity contribution in [2.24, 2.45) is 0 Å². The first-order valence-corrected chi connectivity index (χ1v) is 11.9. The summed E-state index contributed by atoms with van der Waals surface area (Å²) in [6.07, 6.45) is -1.98. The van der Waals surface area contributed by atoms with E-state index in [1.807, 2.05) is 0 Å². The predicted octanol–water partition coefficient (Wildman–Crippen LogP) is 9.41. The molecule has 0 bridgehead atoms. The van der Waals surface area contributed by atoms with E-state index in [-0.39, 0.29) is 16.7 Å². The van der Waals surface area contributed by atoms with Gasteiger partial charge >= 0.3 is 6.11 Å². The van der Waals surface area contributed by atoms with Crippen LogP contribution < -0.4 is 9.47 Å². The van der Waals surface area contributed by atoms with Crippen LogP contribution in [0.3, 0.4) is 0 Å². The number of alkyl halides is 3. The molecule has 0 fully saturated rings. The number of hydrogen-bond acceptors (Lipinski definition) is 2. The van der Waals surface area contributed by atoms with E-state index in [1.165, 1.54) is 12.1 Å². The maximum Gasteiger partial charge on any atom is 0.432 e. The predicted molar refractivity (Wildman–Crippen MR) is 133 cm³/mol. The molecule has 0 amide bonds. The topological polar surface area (TPSA) is 18.5 Å². The quantitative estimate of drug-likeness (QED) is 0.137. The lowest BCUT2D eigenvalue weighted by atomic mass is 9.99. The van der Waals surface area contributed by atoms with Gasteiger partial charge in [-0.15, -0.1) is 6.58 Å². The Balaban J connectivity index is 1.60. The zero-order valence-electron chi connectivity index (χ0n) is 20.9. The van der Waals surface area contributed by atoms with Crippen LogP contribution in [-0.4, -0.2) is 6.86 Å². The normalized spacial score (nSPS) is 11.4. The first kappa shape index (κ1) is 29.6. The Morgan fingerprint density at radius 3 is 1.73 bits per heavy atom. The molecule has 4 aromatic carbocycles. The zero-order chi connectivity index (χ0) is 29.9. The average Bonchev–Trinajstić information content (AvgIpc) is 2.88. The SMILES string of the molecule is C=CCCc1ccc(-c2cc(F)c(C(F)(F)Oc3ccc(-c4cc(F)c(OCF)c(F)c4)c(F)c3)c(F)c2)c(F)c1. The van der Waals surface area contributed by atoms with Crippen molar-refractivity contribution < 1.29 is 49.0 Å². The second-order valence-corrected chi connectivity index (χ2v) is 8.74. The smallest absolute Gasteiger partial charge is 0.432 e. The van der Waals surface area contributed by atoms with Crippen molar-refractivity contribution in [1.82, 2.24) is 0 Å². The third-order valence-electron chi connectivity index (χ3n) is 6.01. The van der Waals surface area contributed by atoms with Crippen molar-refractivity contribution in [3.05, 3.63) is 119 Å². The van der Waals surface area contributed by atoms with Crippen LogP contribution in [-0.2, 0) is 12.5 Å². The van der Waals surface area contributed by atoms with E-state index in [0.717, 1.165) is 18.2 Å². The molecule has 0 unspecified atom stereocenters. The molecule has 4 aromatic rings. The molecule has 0 saturated carbocycles. The van der Waals surface area contributed by atoms with E-state index < -0.39 is 70.5 Å². The van der Waals surface area contributed by atoms with E-state index >= 15 is 0 Å². The summed E-state index contributed by atoms with van der Waals surface area (Å²) >= 11 is 0. The number of hydrogen-bond donors (Lipinski definition) is 0. The lowest BCUT2D eigenvalue weighted by Gasteiger charge is -2.20. The number of allylic oxidation sites excluding steroid dienone is 1. The van der Waals surface area contributed by atoms with Crippen LogP contribution in [0.2, 0.25) is 0 Å². The molecule has 0 aliphatic rings. The van der Waals surface area contributed by atoms with Gasteiger partial charge in [0.1, 0.15) is 34.6 Å². The van der Waals surface area contributed by atoms with Crippen LogP contribution in [0, 0.1) is 34.9 Å². The highest BCUT2D eigenvalue weighted by atomic mass is 19.3. The van der Waals surface area contributed by atoms with Gasteiger partial charge in [0.15, 0.2) is 17.4 Å². The van der Waals surface area contributed by atoms with E-state index in [2.05, 4.69) is 16.1 Å². The highest BCUT2D eigenvalue weighted by molar-refractivity contribution is 5.67. The average molecular weight is 582 g/mol. The largest absolute Gasteiger partial charge is 0.457 e. The lowest BCUT2D eigenvalue weighted by Crippen LogP contribution is -2.25. The molecule has 0 N–H and O–H groups in total. The monoisotopic (exact) mass is 582 g/mol. The molecule has 2 nitrogen and oxygen atoms in total. The summed E-state index contributed by atoms with van der Waals surface area (Å²) in [6, 6.07) is 8.27. The molecular weight excluding hydrogens is 563 g/mol. The third kappa shape index (κ3) is 6.34. The van der Waals surface area contributed by atoms with Crippen molar-refractivity contribution in [3.8, 4) is 33.8 Å².